The van der Waals surface area contributed by atoms with Gasteiger partial charge in [0.15, 0.2) is 0 Å². The highest BCUT2D eigenvalue weighted by Gasteiger charge is 2.23. The number of carboxylic acid groups (broad SMARTS) is 1. The fourth-order valence-electron chi connectivity index (χ4n) is 2.76. The number of rotatable bonds is 5. The minimum Gasteiger partial charge on any atom is -0.481 e. The third-order valence-corrected chi connectivity index (χ3v) is 4.01. The Balaban J connectivity index is 2.39. The molecule has 0 aliphatic carbocycles. The molecule has 0 aliphatic heterocycles. The summed E-state index contributed by atoms with van der Waals surface area (Å²) in [6.07, 6.45) is 0.223. The molecule has 0 amide bonds. The van der Waals surface area contributed by atoms with E-state index in [0.29, 0.717) is 11.1 Å². The minimum atomic E-state index is -0.930. The van der Waals surface area contributed by atoms with Crippen LogP contribution in [-0.4, -0.2) is 16.0 Å². The fraction of sp³-hybridized carbons (Fsp3) is 0.278. The van der Waals surface area contributed by atoms with Crippen LogP contribution in [0.2, 0.25) is 0 Å². The molecular formula is C18H19NO4. The number of hydrogen-bond donors (Lipinski definition) is 1. The number of carboxylic acids is 1. The van der Waals surface area contributed by atoms with E-state index in [4.69, 9.17) is 0 Å². The van der Waals surface area contributed by atoms with Crippen molar-refractivity contribution in [3.05, 3.63) is 74.3 Å². The Hall–Kier alpha value is -2.69. The van der Waals surface area contributed by atoms with Gasteiger partial charge in [-0.25, -0.2) is 0 Å². The van der Waals surface area contributed by atoms with Crippen molar-refractivity contribution in [3.63, 3.8) is 0 Å². The number of aliphatic carboxylic acids is 1. The van der Waals surface area contributed by atoms with Gasteiger partial charge in [-0.05, 0) is 43.9 Å². The van der Waals surface area contributed by atoms with Crippen molar-refractivity contribution in [1.29, 1.82) is 0 Å². The first-order chi connectivity index (χ1) is 10.8. The fourth-order valence-corrected chi connectivity index (χ4v) is 2.76. The predicted octanol–water partition coefficient (Wildman–Crippen LogP) is 3.93. The molecule has 1 atom stereocenters. The lowest BCUT2D eigenvalue weighted by Gasteiger charge is -2.16. The zero-order valence-electron chi connectivity index (χ0n) is 13.4. The molecule has 0 heterocycles. The number of nitrogens with zero attached hydrogens (tertiary/aromatic N) is 1. The van der Waals surface area contributed by atoms with Gasteiger partial charge in [0, 0.05) is 11.6 Å². The molecule has 0 fully saturated rings. The van der Waals surface area contributed by atoms with Crippen molar-refractivity contribution in [1.82, 2.24) is 0 Å². The lowest BCUT2D eigenvalue weighted by Crippen LogP contribution is -2.16. The molecule has 5 heteroatoms. The summed E-state index contributed by atoms with van der Waals surface area (Å²) in [5.41, 5.74) is 3.96. The lowest BCUT2D eigenvalue weighted by molar-refractivity contribution is -0.385. The Labute approximate surface area is 134 Å². The van der Waals surface area contributed by atoms with Crippen LogP contribution in [-0.2, 0) is 11.2 Å². The highest BCUT2D eigenvalue weighted by atomic mass is 16.6. The van der Waals surface area contributed by atoms with Crippen molar-refractivity contribution in [2.75, 3.05) is 0 Å². The topological polar surface area (TPSA) is 80.4 Å². The van der Waals surface area contributed by atoms with Gasteiger partial charge in [-0.2, -0.15) is 0 Å². The molecule has 0 aliphatic rings. The van der Waals surface area contributed by atoms with E-state index in [1.54, 1.807) is 19.1 Å². The molecule has 1 N–H and O–H groups in total. The highest BCUT2D eigenvalue weighted by molar-refractivity contribution is 5.77. The maximum absolute atomic E-state index is 11.7. The van der Waals surface area contributed by atoms with Crippen LogP contribution in [0.1, 0.15) is 33.7 Å². The SMILES string of the molecule is Cc1ccc(C(Cc2ccc(C)c([N+](=O)[O-])c2)C(=O)O)c(C)c1. The predicted molar refractivity (Wildman–Crippen MR) is 87.8 cm³/mol. The quantitative estimate of drug-likeness (QED) is 0.670. The van der Waals surface area contributed by atoms with Gasteiger partial charge in [0.1, 0.15) is 0 Å². The Kier molecular flexibility index (Phi) is 4.79. The van der Waals surface area contributed by atoms with E-state index in [0.717, 1.165) is 16.7 Å². The first-order valence-corrected chi connectivity index (χ1v) is 7.33. The van der Waals surface area contributed by atoms with E-state index in [1.165, 1.54) is 6.07 Å². The molecule has 2 aromatic carbocycles. The van der Waals surface area contributed by atoms with Crippen LogP contribution in [0.3, 0.4) is 0 Å². The van der Waals surface area contributed by atoms with Crippen molar-refractivity contribution in [3.8, 4) is 0 Å². The third kappa shape index (κ3) is 3.74. The normalized spacial score (nSPS) is 12.0. The third-order valence-electron chi connectivity index (χ3n) is 4.01. The van der Waals surface area contributed by atoms with Crippen LogP contribution >= 0.6 is 0 Å². The first kappa shape index (κ1) is 16.7. The van der Waals surface area contributed by atoms with Crippen LogP contribution in [0.15, 0.2) is 36.4 Å². The van der Waals surface area contributed by atoms with Gasteiger partial charge < -0.3 is 5.11 Å². The summed E-state index contributed by atoms with van der Waals surface area (Å²) in [6.45, 7) is 5.51. The van der Waals surface area contributed by atoms with Crippen molar-refractivity contribution < 1.29 is 14.8 Å². The molecule has 0 spiro atoms. The Morgan fingerprint density at radius 1 is 1.13 bits per heavy atom. The number of nitro benzene ring substituents is 1. The minimum absolute atomic E-state index is 0.0206. The molecule has 120 valence electrons. The maximum Gasteiger partial charge on any atom is 0.311 e. The molecule has 0 aromatic heterocycles. The van der Waals surface area contributed by atoms with Crippen LogP contribution in [0.4, 0.5) is 5.69 Å². The first-order valence-electron chi connectivity index (χ1n) is 7.33. The van der Waals surface area contributed by atoms with Gasteiger partial charge in [-0.3, -0.25) is 14.9 Å². The maximum atomic E-state index is 11.7. The van der Waals surface area contributed by atoms with Crippen LogP contribution < -0.4 is 0 Å². The summed E-state index contributed by atoms with van der Waals surface area (Å²) >= 11 is 0. The second kappa shape index (κ2) is 6.60. The van der Waals surface area contributed by atoms with Gasteiger partial charge in [0.2, 0.25) is 0 Å². The second-order valence-corrected chi connectivity index (χ2v) is 5.83. The molecule has 0 bridgehead atoms. The number of nitro groups is 1. The van der Waals surface area contributed by atoms with Crippen LogP contribution in [0, 0.1) is 30.9 Å². The molecule has 0 saturated carbocycles. The van der Waals surface area contributed by atoms with Crippen molar-refractivity contribution in [2.24, 2.45) is 0 Å². The summed E-state index contributed by atoms with van der Waals surface area (Å²) in [7, 11) is 0. The van der Waals surface area contributed by atoms with E-state index in [1.807, 2.05) is 32.0 Å². The summed E-state index contributed by atoms with van der Waals surface area (Å²) < 4.78 is 0. The van der Waals surface area contributed by atoms with Crippen LogP contribution in [0.25, 0.3) is 0 Å². The van der Waals surface area contributed by atoms with Crippen LogP contribution in [0.5, 0.6) is 0 Å². The van der Waals surface area contributed by atoms with Gasteiger partial charge in [-0.15, -0.1) is 0 Å². The molecule has 0 saturated heterocycles. The second-order valence-electron chi connectivity index (χ2n) is 5.83. The van der Waals surface area contributed by atoms with Gasteiger partial charge >= 0.3 is 5.97 Å². The molecule has 2 aromatic rings. The molecule has 2 rings (SSSR count). The zero-order valence-corrected chi connectivity index (χ0v) is 13.4. The lowest BCUT2D eigenvalue weighted by atomic mass is 9.88. The molecule has 1 unspecified atom stereocenters. The summed E-state index contributed by atoms with van der Waals surface area (Å²) in [4.78, 5) is 22.3. The molecule has 23 heavy (non-hydrogen) atoms. The van der Waals surface area contributed by atoms with E-state index in [9.17, 15) is 20.0 Å². The average Bonchev–Trinajstić information content (AvgIpc) is 2.46. The van der Waals surface area contributed by atoms with E-state index in [-0.39, 0.29) is 12.1 Å². The number of carbonyl (C=O) groups is 1. The number of hydrogen-bond acceptors (Lipinski definition) is 3. The summed E-state index contributed by atoms with van der Waals surface area (Å²) in [5.74, 6) is -1.65. The number of benzene rings is 2. The zero-order chi connectivity index (χ0) is 17.1. The van der Waals surface area contributed by atoms with Gasteiger partial charge in [-0.1, -0.05) is 35.9 Å². The van der Waals surface area contributed by atoms with Crippen molar-refractivity contribution >= 4 is 11.7 Å². The van der Waals surface area contributed by atoms with E-state index < -0.39 is 16.8 Å². The largest absolute Gasteiger partial charge is 0.481 e. The smallest absolute Gasteiger partial charge is 0.311 e. The standard InChI is InChI=1S/C18H19NO4/c1-11-4-7-15(13(3)8-11)16(18(20)21)9-14-6-5-12(2)17(10-14)19(22)23/h4-8,10,16H,9H2,1-3H3,(H,20,21). The van der Waals surface area contributed by atoms with Gasteiger partial charge in [0.25, 0.3) is 5.69 Å². The monoisotopic (exact) mass is 313 g/mol. The van der Waals surface area contributed by atoms with Gasteiger partial charge in [0.05, 0.1) is 10.8 Å². The highest BCUT2D eigenvalue weighted by Crippen LogP contribution is 2.27. The number of aryl methyl sites for hydroxylation is 3. The molecule has 0 radical (unpaired) electrons. The Morgan fingerprint density at radius 2 is 1.83 bits per heavy atom. The van der Waals surface area contributed by atoms with Crippen molar-refractivity contribution in [2.45, 2.75) is 33.1 Å². The Bertz CT molecular complexity index is 768. The van der Waals surface area contributed by atoms with E-state index >= 15 is 0 Å². The summed E-state index contributed by atoms with van der Waals surface area (Å²) in [6, 6.07) is 10.5. The molecular weight excluding hydrogens is 294 g/mol. The molecule has 5 nitrogen and oxygen atoms in total. The summed E-state index contributed by atoms with van der Waals surface area (Å²) in [5, 5.41) is 20.6. The van der Waals surface area contributed by atoms with E-state index in [2.05, 4.69) is 0 Å². The average molecular weight is 313 g/mol. The Morgan fingerprint density at radius 3 is 2.39 bits per heavy atom.